The number of piperidine rings is 1. The van der Waals surface area contributed by atoms with Crippen molar-refractivity contribution in [1.82, 2.24) is 10.2 Å². The monoisotopic (exact) mass is 456 g/mol. The number of nitrogens with one attached hydrogen (secondary N) is 1. The summed E-state index contributed by atoms with van der Waals surface area (Å²) in [6.45, 7) is 3.77. The maximum atomic E-state index is 11.8. The molecule has 1 amide bonds. The number of likely N-dealkylation sites (tertiary alicyclic amines) is 1. The zero-order chi connectivity index (χ0) is 21.3. The molecule has 3 rings (SSSR count). The minimum Gasteiger partial charge on any atom is -0.489 e. The third-order valence-electron chi connectivity index (χ3n) is 6.34. The second-order valence-electron chi connectivity index (χ2n) is 8.53. The van der Waals surface area contributed by atoms with Gasteiger partial charge in [0, 0.05) is 32.7 Å². The second-order valence-corrected chi connectivity index (χ2v) is 9.31. The number of hydrogen-bond donors (Lipinski definition) is 1. The molecule has 1 saturated heterocycles. The van der Waals surface area contributed by atoms with Crippen LogP contribution in [-0.4, -0.2) is 56.3 Å². The highest BCUT2D eigenvalue weighted by atomic mass is 35.5. The highest BCUT2D eigenvalue weighted by Gasteiger charge is 2.25. The van der Waals surface area contributed by atoms with E-state index < -0.39 is 0 Å². The molecule has 7 heteroatoms. The summed E-state index contributed by atoms with van der Waals surface area (Å²) in [6.07, 6.45) is 8.56. The molecule has 1 aliphatic carbocycles. The minimum atomic E-state index is 0.115. The van der Waals surface area contributed by atoms with Gasteiger partial charge in [0.15, 0.2) is 0 Å². The number of amides is 1. The van der Waals surface area contributed by atoms with E-state index in [0.717, 1.165) is 51.2 Å². The molecular formula is C23H34Cl2N2O3. The Hall–Kier alpha value is -1.01. The third kappa shape index (κ3) is 7.30. The summed E-state index contributed by atoms with van der Waals surface area (Å²) < 4.78 is 11.1. The van der Waals surface area contributed by atoms with E-state index in [1.54, 1.807) is 13.2 Å². The Kier molecular flexibility index (Phi) is 9.57. The highest BCUT2D eigenvalue weighted by Crippen LogP contribution is 2.33. The summed E-state index contributed by atoms with van der Waals surface area (Å²) in [5.41, 5.74) is 0. The lowest BCUT2D eigenvalue weighted by Crippen LogP contribution is -2.40. The van der Waals surface area contributed by atoms with Crippen molar-refractivity contribution in [2.45, 2.75) is 63.5 Å². The maximum Gasteiger partial charge on any atom is 0.222 e. The molecule has 0 atom stereocenters. The van der Waals surface area contributed by atoms with E-state index in [1.807, 2.05) is 12.1 Å². The van der Waals surface area contributed by atoms with E-state index in [0.29, 0.717) is 34.9 Å². The van der Waals surface area contributed by atoms with Crippen molar-refractivity contribution in [2.75, 3.05) is 33.4 Å². The molecule has 1 aromatic rings. The largest absolute Gasteiger partial charge is 0.489 e. The third-order valence-corrected chi connectivity index (χ3v) is 7.14. The number of halogens is 2. The first kappa shape index (κ1) is 23.6. The van der Waals surface area contributed by atoms with Gasteiger partial charge in [-0.15, -0.1) is 0 Å². The van der Waals surface area contributed by atoms with E-state index in [2.05, 4.69) is 10.2 Å². The molecular weight excluding hydrogens is 423 g/mol. The van der Waals surface area contributed by atoms with Gasteiger partial charge in [0.05, 0.1) is 11.6 Å². The van der Waals surface area contributed by atoms with Gasteiger partial charge in [-0.2, -0.15) is 0 Å². The smallest absolute Gasteiger partial charge is 0.222 e. The first-order valence-electron chi connectivity index (χ1n) is 11.2. The predicted octanol–water partition coefficient (Wildman–Crippen LogP) is 4.94. The lowest BCUT2D eigenvalue weighted by Gasteiger charge is -2.34. The van der Waals surface area contributed by atoms with Gasteiger partial charge in [0.25, 0.3) is 0 Å². The summed E-state index contributed by atoms with van der Waals surface area (Å²) in [5.74, 6) is 1.58. The molecule has 2 aliphatic rings. The van der Waals surface area contributed by atoms with Crippen LogP contribution in [0.1, 0.15) is 51.4 Å². The Labute approximate surface area is 190 Å². The van der Waals surface area contributed by atoms with E-state index in [4.69, 9.17) is 32.7 Å². The maximum absolute atomic E-state index is 11.8. The number of nitrogens with zero attached hydrogens (tertiary/aromatic N) is 1. The van der Waals surface area contributed by atoms with Crippen molar-refractivity contribution in [3.05, 3.63) is 28.2 Å². The SMILES string of the molecule is COCCC(=O)NC1CCC(CCN2CCC(Oc3cccc(Cl)c3Cl)CC2)CC1. The average Bonchev–Trinajstić information content (AvgIpc) is 2.76. The number of carbonyl (C=O) groups is 1. The Bertz CT molecular complexity index is 672. The molecule has 5 nitrogen and oxygen atoms in total. The molecule has 0 aromatic heterocycles. The van der Waals surface area contributed by atoms with Gasteiger partial charge in [-0.25, -0.2) is 0 Å². The summed E-state index contributed by atoms with van der Waals surface area (Å²) in [5, 5.41) is 4.20. The second kappa shape index (κ2) is 12.1. The molecule has 168 valence electrons. The summed E-state index contributed by atoms with van der Waals surface area (Å²) in [7, 11) is 1.63. The van der Waals surface area contributed by atoms with Crippen molar-refractivity contribution in [2.24, 2.45) is 5.92 Å². The number of carbonyl (C=O) groups excluding carboxylic acids is 1. The van der Waals surface area contributed by atoms with Crippen molar-refractivity contribution in [3.63, 3.8) is 0 Å². The van der Waals surface area contributed by atoms with Crippen LogP contribution in [0.5, 0.6) is 5.75 Å². The molecule has 0 unspecified atom stereocenters. The molecule has 0 bridgehead atoms. The Balaban J connectivity index is 1.30. The number of rotatable bonds is 9. The Morgan fingerprint density at radius 2 is 1.87 bits per heavy atom. The molecule has 1 aliphatic heterocycles. The molecule has 0 radical (unpaired) electrons. The highest BCUT2D eigenvalue weighted by molar-refractivity contribution is 6.42. The molecule has 0 spiro atoms. The van der Waals surface area contributed by atoms with Gasteiger partial charge in [0.2, 0.25) is 5.91 Å². The average molecular weight is 457 g/mol. The molecule has 2 fully saturated rings. The first-order valence-corrected chi connectivity index (χ1v) is 11.9. The minimum absolute atomic E-state index is 0.115. The van der Waals surface area contributed by atoms with Gasteiger partial charge < -0.3 is 19.7 Å². The van der Waals surface area contributed by atoms with Crippen molar-refractivity contribution < 1.29 is 14.3 Å². The zero-order valence-electron chi connectivity index (χ0n) is 17.9. The lowest BCUT2D eigenvalue weighted by molar-refractivity contribution is -0.122. The fourth-order valence-corrected chi connectivity index (χ4v) is 4.80. The van der Waals surface area contributed by atoms with Crippen LogP contribution in [0.3, 0.4) is 0 Å². The number of ether oxygens (including phenoxy) is 2. The quantitative estimate of drug-likeness (QED) is 0.571. The topological polar surface area (TPSA) is 50.8 Å². The van der Waals surface area contributed by atoms with Crippen molar-refractivity contribution in [3.8, 4) is 5.75 Å². The van der Waals surface area contributed by atoms with Gasteiger partial charge in [-0.1, -0.05) is 29.3 Å². The molecule has 1 aromatic carbocycles. The van der Waals surface area contributed by atoms with Crippen LogP contribution in [0, 0.1) is 5.92 Å². The van der Waals surface area contributed by atoms with Crippen LogP contribution in [0.4, 0.5) is 0 Å². The standard InChI is InChI=1S/C23H34Cl2N2O3/c1-29-16-12-22(28)26-18-7-5-17(6-8-18)9-13-27-14-10-19(11-15-27)30-21-4-2-3-20(24)23(21)25/h2-4,17-19H,5-16H2,1H3,(H,26,28). The fraction of sp³-hybridized carbons (Fsp3) is 0.696. The number of benzene rings is 1. The molecule has 1 heterocycles. The number of methoxy groups -OCH3 is 1. The normalized spacial score (nSPS) is 23.3. The lowest BCUT2D eigenvalue weighted by atomic mass is 9.84. The van der Waals surface area contributed by atoms with E-state index in [9.17, 15) is 4.79 Å². The summed E-state index contributed by atoms with van der Waals surface area (Å²) in [6, 6.07) is 5.88. The van der Waals surface area contributed by atoms with Gasteiger partial charge in [0.1, 0.15) is 16.9 Å². The van der Waals surface area contributed by atoms with Crippen molar-refractivity contribution >= 4 is 29.1 Å². The van der Waals surface area contributed by atoms with E-state index in [-0.39, 0.29) is 12.0 Å². The summed E-state index contributed by atoms with van der Waals surface area (Å²) >= 11 is 12.3. The number of hydrogen-bond acceptors (Lipinski definition) is 4. The van der Waals surface area contributed by atoms with E-state index >= 15 is 0 Å². The van der Waals surface area contributed by atoms with Crippen LogP contribution in [0.15, 0.2) is 18.2 Å². The molecule has 1 N–H and O–H groups in total. The fourth-order valence-electron chi connectivity index (χ4n) is 4.46. The Morgan fingerprint density at radius 3 is 2.57 bits per heavy atom. The van der Waals surface area contributed by atoms with Crippen LogP contribution in [0.25, 0.3) is 0 Å². The first-order chi connectivity index (χ1) is 14.5. The van der Waals surface area contributed by atoms with Crippen LogP contribution >= 0.6 is 23.2 Å². The van der Waals surface area contributed by atoms with Crippen molar-refractivity contribution in [1.29, 1.82) is 0 Å². The molecule has 30 heavy (non-hydrogen) atoms. The zero-order valence-corrected chi connectivity index (χ0v) is 19.4. The van der Waals surface area contributed by atoms with Gasteiger partial charge in [-0.05, 0) is 69.5 Å². The van der Waals surface area contributed by atoms with Crippen LogP contribution in [-0.2, 0) is 9.53 Å². The molecule has 1 saturated carbocycles. The van der Waals surface area contributed by atoms with Crippen LogP contribution < -0.4 is 10.1 Å². The van der Waals surface area contributed by atoms with Crippen LogP contribution in [0.2, 0.25) is 10.0 Å². The van der Waals surface area contributed by atoms with E-state index in [1.165, 1.54) is 19.3 Å². The predicted molar refractivity (Wildman–Crippen MR) is 122 cm³/mol. The van der Waals surface area contributed by atoms with Gasteiger partial charge in [-0.3, -0.25) is 4.79 Å². The summed E-state index contributed by atoms with van der Waals surface area (Å²) in [4.78, 5) is 14.4. The van der Waals surface area contributed by atoms with Gasteiger partial charge >= 0.3 is 0 Å². The Morgan fingerprint density at radius 1 is 1.13 bits per heavy atom.